The molecule has 0 saturated carbocycles. The van der Waals surface area contributed by atoms with E-state index in [1.54, 1.807) is 18.7 Å². The van der Waals surface area contributed by atoms with Gasteiger partial charge in [-0.15, -0.1) is 0 Å². The average Bonchev–Trinajstić information content (AvgIpc) is 3.41. The van der Waals surface area contributed by atoms with E-state index in [-0.39, 0.29) is 12.0 Å². The van der Waals surface area contributed by atoms with Gasteiger partial charge in [0.05, 0.1) is 43.4 Å². The number of aromatic nitrogens is 6. The summed E-state index contributed by atoms with van der Waals surface area (Å²) in [7, 11) is 0. The van der Waals surface area contributed by atoms with Gasteiger partial charge < -0.3 is 20.2 Å². The summed E-state index contributed by atoms with van der Waals surface area (Å²) in [6, 6.07) is 0.103. The number of nitrogens with zero attached hydrogens (tertiary/aromatic N) is 6. The van der Waals surface area contributed by atoms with Gasteiger partial charge in [-0.2, -0.15) is 0 Å². The highest BCUT2D eigenvalue weighted by atomic mass is 16.5. The number of rotatable bonds is 4. The van der Waals surface area contributed by atoms with E-state index < -0.39 is 0 Å². The molecule has 146 valence electrons. The third-order valence-corrected chi connectivity index (χ3v) is 5.37. The molecule has 2 fully saturated rings. The van der Waals surface area contributed by atoms with Crippen LogP contribution in [0.2, 0.25) is 0 Å². The van der Waals surface area contributed by atoms with Gasteiger partial charge in [0.15, 0.2) is 11.5 Å². The maximum atomic E-state index is 5.71. The summed E-state index contributed by atoms with van der Waals surface area (Å²) in [6.45, 7) is 4.67. The Bertz CT molecular complexity index is 948. The van der Waals surface area contributed by atoms with E-state index in [0.717, 1.165) is 57.1 Å². The summed E-state index contributed by atoms with van der Waals surface area (Å²) in [4.78, 5) is 27.8. The number of hydrogen-bond acceptors (Lipinski definition) is 9. The molecular weight excluding hydrogens is 360 g/mol. The van der Waals surface area contributed by atoms with Gasteiger partial charge in [0.2, 0.25) is 5.95 Å². The fourth-order valence-electron chi connectivity index (χ4n) is 4.00. The van der Waals surface area contributed by atoms with E-state index in [2.05, 4.69) is 29.8 Å². The molecule has 5 heterocycles. The van der Waals surface area contributed by atoms with Crippen LogP contribution in [0.5, 0.6) is 0 Å². The number of nitrogens with two attached hydrogens (primary N) is 1. The van der Waals surface area contributed by atoms with Crippen molar-refractivity contribution in [2.75, 3.05) is 45.3 Å². The molecule has 10 heteroatoms. The highest BCUT2D eigenvalue weighted by molar-refractivity contribution is 5.76. The van der Waals surface area contributed by atoms with E-state index in [1.165, 1.54) is 0 Å². The minimum atomic E-state index is 0.103. The lowest BCUT2D eigenvalue weighted by Gasteiger charge is -2.37. The molecule has 2 atom stereocenters. The van der Waals surface area contributed by atoms with Gasteiger partial charge in [-0.25, -0.2) is 24.9 Å². The third-order valence-electron chi connectivity index (χ3n) is 5.37. The standard InChI is InChI=1S/C18H22N8O2/c19-18-20-7-12(8-21-18)16-24-13(14-17(25-16)23-10-22-14)15(11-1-4-28-9-11)26-2-5-27-6-3-26/h7-8,10-11,15H,1-6,9H2,(H2,19,20,21)(H,22,23,24,25). The summed E-state index contributed by atoms with van der Waals surface area (Å²) in [5.41, 5.74) is 8.77. The highest BCUT2D eigenvalue weighted by Crippen LogP contribution is 2.36. The topological polar surface area (TPSA) is 128 Å². The van der Waals surface area contributed by atoms with Gasteiger partial charge in [-0.3, -0.25) is 4.90 Å². The van der Waals surface area contributed by atoms with Gasteiger partial charge >= 0.3 is 0 Å². The molecule has 0 radical (unpaired) electrons. The number of fused-ring (bicyclic) bond motifs is 1. The molecule has 2 unspecified atom stereocenters. The zero-order valence-corrected chi connectivity index (χ0v) is 15.4. The number of morpholine rings is 1. The van der Waals surface area contributed by atoms with Crippen LogP contribution in [0.15, 0.2) is 18.7 Å². The molecule has 0 bridgehead atoms. The number of nitrogen functional groups attached to an aromatic ring is 1. The number of imidazole rings is 1. The predicted octanol–water partition coefficient (Wildman–Crippen LogP) is 0.802. The van der Waals surface area contributed by atoms with Gasteiger partial charge in [0.1, 0.15) is 5.52 Å². The smallest absolute Gasteiger partial charge is 0.219 e. The van der Waals surface area contributed by atoms with Crippen molar-refractivity contribution in [2.24, 2.45) is 5.92 Å². The van der Waals surface area contributed by atoms with Crippen LogP contribution in [0.3, 0.4) is 0 Å². The first kappa shape index (κ1) is 17.4. The second-order valence-electron chi connectivity index (χ2n) is 7.08. The minimum Gasteiger partial charge on any atom is -0.381 e. The van der Waals surface area contributed by atoms with Crippen molar-refractivity contribution in [1.82, 2.24) is 34.8 Å². The van der Waals surface area contributed by atoms with Crippen LogP contribution in [0.25, 0.3) is 22.6 Å². The van der Waals surface area contributed by atoms with Crippen LogP contribution in [0, 0.1) is 5.92 Å². The van der Waals surface area contributed by atoms with Crippen LogP contribution >= 0.6 is 0 Å². The van der Waals surface area contributed by atoms with Gasteiger partial charge in [-0.05, 0) is 6.42 Å². The Labute approximate surface area is 161 Å². The Hall–Kier alpha value is -2.69. The average molecular weight is 382 g/mol. The normalized spacial score (nSPS) is 21.9. The summed E-state index contributed by atoms with van der Waals surface area (Å²) >= 11 is 0. The molecule has 2 aliphatic heterocycles. The molecule has 0 aliphatic carbocycles. The third kappa shape index (κ3) is 3.19. The molecule has 3 aromatic rings. The van der Waals surface area contributed by atoms with E-state index in [1.807, 2.05) is 0 Å². The largest absolute Gasteiger partial charge is 0.381 e. The first-order valence-electron chi connectivity index (χ1n) is 9.48. The van der Waals surface area contributed by atoms with Crippen LogP contribution < -0.4 is 5.73 Å². The number of ether oxygens (including phenoxy) is 2. The molecule has 0 aromatic carbocycles. The summed E-state index contributed by atoms with van der Waals surface area (Å²) in [5.74, 6) is 1.13. The van der Waals surface area contributed by atoms with Gasteiger partial charge in [0.25, 0.3) is 0 Å². The van der Waals surface area contributed by atoms with Crippen LogP contribution in [0.1, 0.15) is 18.2 Å². The van der Waals surface area contributed by atoms with Crippen molar-refractivity contribution in [3.63, 3.8) is 0 Å². The lowest BCUT2D eigenvalue weighted by Crippen LogP contribution is -2.42. The Kier molecular flexibility index (Phi) is 4.59. The molecule has 2 aliphatic rings. The summed E-state index contributed by atoms with van der Waals surface area (Å²) in [6.07, 6.45) is 5.94. The van der Waals surface area contributed by atoms with E-state index >= 15 is 0 Å². The van der Waals surface area contributed by atoms with E-state index in [9.17, 15) is 0 Å². The minimum absolute atomic E-state index is 0.103. The lowest BCUT2D eigenvalue weighted by molar-refractivity contribution is -0.000347. The van der Waals surface area contributed by atoms with Crippen LogP contribution in [-0.2, 0) is 9.47 Å². The molecule has 28 heavy (non-hydrogen) atoms. The number of aromatic amines is 1. The zero-order chi connectivity index (χ0) is 18.9. The fourth-order valence-corrected chi connectivity index (χ4v) is 4.00. The number of H-pyrrole nitrogens is 1. The number of nitrogens with one attached hydrogen (secondary N) is 1. The number of anilines is 1. The first-order chi connectivity index (χ1) is 13.8. The molecule has 5 rings (SSSR count). The van der Waals surface area contributed by atoms with Crippen molar-refractivity contribution in [3.05, 3.63) is 24.4 Å². The van der Waals surface area contributed by atoms with Crippen molar-refractivity contribution in [3.8, 4) is 11.4 Å². The summed E-state index contributed by atoms with van der Waals surface area (Å²) < 4.78 is 11.3. The predicted molar refractivity (Wildman–Crippen MR) is 101 cm³/mol. The van der Waals surface area contributed by atoms with Crippen molar-refractivity contribution >= 4 is 17.1 Å². The SMILES string of the molecule is Nc1ncc(-c2nc(C(C3CCOC3)N3CCOCC3)c3[nH]cnc3n2)cn1. The maximum absolute atomic E-state index is 5.71. The van der Waals surface area contributed by atoms with Crippen molar-refractivity contribution in [2.45, 2.75) is 12.5 Å². The molecule has 2 saturated heterocycles. The van der Waals surface area contributed by atoms with Gasteiger partial charge in [-0.1, -0.05) is 0 Å². The highest BCUT2D eigenvalue weighted by Gasteiger charge is 2.35. The maximum Gasteiger partial charge on any atom is 0.219 e. The first-order valence-corrected chi connectivity index (χ1v) is 9.48. The quantitative estimate of drug-likeness (QED) is 0.673. The molecule has 3 N–H and O–H groups in total. The monoisotopic (exact) mass is 382 g/mol. The van der Waals surface area contributed by atoms with Crippen LogP contribution in [0.4, 0.5) is 5.95 Å². The number of hydrogen-bond donors (Lipinski definition) is 2. The Morgan fingerprint density at radius 1 is 1.07 bits per heavy atom. The Morgan fingerprint density at radius 3 is 2.64 bits per heavy atom. The molecular formula is C18H22N8O2. The lowest BCUT2D eigenvalue weighted by atomic mass is 9.93. The summed E-state index contributed by atoms with van der Waals surface area (Å²) in [5, 5.41) is 0. The Morgan fingerprint density at radius 2 is 1.89 bits per heavy atom. The zero-order valence-electron chi connectivity index (χ0n) is 15.4. The van der Waals surface area contributed by atoms with Crippen molar-refractivity contribution < 1.29 is 9.47 Å². The molecule has 3 aromatic heterocycles. The van der Waals surface area contributed by atoms with E-state index in [0.29, 0.717) is 23.0 Å². The Balaban J connectivity index is 1.63. The molecule has 0 amide bonds. The van der Waals surface area contributed by atoms with E-state index in [4.69, 9.17) is 20.2 Å². The van der Waals surface area contributed by atoms with Crippen LogP contribution in [-0.4, -0.2) is 74.3 Å². The second kappa shape index (κ2) is 7.38. The van der Waals surface area contributed by atoms with Crippen molar-refractivity contribution in [1.29, 1.82) is 0 Å². The van der Waals surface area contributed by atoms with Gasteiger partial charge in [0, 0.05) is 38.0 Å². The fraction of sp³-hybridized carbons (Fsp3) is 0.500. The molecule has 10 nitrogen and oxygen atoms in total. The molecule has 0 spiro atoms. The second-order valence-corrected chi connectivity index (χ2v) is 7.08.